The fraction of sp³-hybridized carbons (Fsp3) is 0.333. The molecule has 1 saturated heterocycles. The summed E-state index contributed by atoms with van der Waals surface area (Å²) >= 11 is 12.5. The van der Waals surface area contributed by atoms with Gasteiger partial charge in [-0.3, -0.25) is 14.5 Å². The van der Waals surface area contributed by atoms with Crippen LogP contribution in [-0.4, -0.2) is 59.5 Å². The highest BCUT2D eigenvalue weighted by Crippen LogP contribution is 2.51. The summed E-state index contributed by atoms with van der Waals surface area (Å²) in [6.07, 6.45) is 2.48. The SMILES string of the molecule is O=C(Cc1c(Cl)cccc1Cl)N1CCN(CCCCC2(C(=O)O)c3ccccc3-c3ccccc32)CC1. The molecule has 0 atom stereocenters. The number of carboxylic acid groups (broad SMARTS) is 1. The highest BCUT2D eigenvalue weighted by Gasteiger charge is 2.48. The summed E-state index contributed by atoms with van der Waals surface area (Å²) in [5.41, 5.74) is 3.53. The molecule has 0 spiro atoms. The van der Waals surface area contributed by atoms with Crippen molar-refractivity contribution in [1.82, 2.24) is 9.80 Å². The molecule has 192 valence electrons. The number of amides is 1. The van der Waals surface area contributed by atoms with E-state index < -0.39 is 11.4 Å². The molecule has 1 N–H and O–H groups in total. The van der Waals surface area contributed by atoms with E-state index in [0.29, 0.717) is 35.1 Å². The van der Waals surface area contributed by atoms with Gasteiger partial charge in [0.15, 0.2) is 0 Å². The Bertz CT molecular complexity index is 1250. The van der Waals surface area contributed by atoms with Crippen molar-refractivity contribution in [3.63, 3.8) is 0 Å². The molecule has 0 saturated carbocycles. The topological polar surface area (TPSA) is 60.9 Å². The Morgan fingerprint density at radius 3 is 1.92 bits per heavy atom. The van der Waals surface area contributed by atoms with E-state index in [9.17, 15) is 14.7 Å². The maximum absolute atomic E-state index is 12.8. The van der Waals surface area contributed by atoms with Gasteiger partial charge in [0.05, 0.1) is 6.42 Å². The van der Waals surface area contributed by atoms with E-state index >= 15 is 0 Å². The van der Waals surface area contributed by atoms with Gasteiger partial charge >= 0.3 is 5.97 Å². The van der Waals surface area contributed by atoms with E-state index in [1.54, 1.807) is 18.2 Å². The van der Waals surface area contributed by atoms with Gasteiger partial charge < -0.3 is 10.0 Å². The second kappa shape index (κ2) is 10.9. The summed E-state index contributed by atoms with van der Waals surface area (Å²) in [6, 6.07) is 21.1. The van der Waals surface area contributed by atoms with Gasteiger partial charge in [0.1, 0.15) is 5.41 Å². The smallest absolute Gasteiger partial charge is 0.318 e. The lowest BCUT2D eigenvalue weighted by Gasteiger charge is -2.35. The quantitative estimate of drug-likeness (QED) is 0.364. The average molecular weight is 537 g/mol. The number of nitrogens with zero attached hydrogens (tertiary/aromatic N) is 2. The lowest BCUT2D eigenvalue weighted by atomic mass is 9.74. The number of carbonyl (C=O) groups is 2. The first-order valence-electron chi connectivity index (χ1n) is 12.8. The summed E-state index contributed by atoms with van der Waals surface area (Å²) in [6.45, 7) is 3.83. The zero-order valence-corrected chi connectivity index (χ0v) is 22.1. The molecule has 3 aromatic carbocycles. The van der Waals surface area contributed by atoms with Crippen LogP contribution < -0.4 is 0 Å². The second-order valence-corrected chi connectivity index (χ2v) is 10.7. The monoisotopic (exact) mass is 536 g/mol. The van der Waals surface area contributed by atoms with Crippen LogP contribution in [0.2, 0.25) is 10.0 Å². The van der Waals surface area contributed by atoms with Crippen LogP contribution in [0.25, 0.3) is 11.1 Å². The van der Waals surface area contributed by atoms with E-state index in [0.717, 1.165) is 54.7 Å². The summed E-state index contributed by atoms with van der Waals surface area (Å²) in [4.78, 5) is 29.8. The molecule has 7 heteroatoms. The van der Waals surface area contributed by atoms with Crippen LogP contribution in [0.15, 0.2) is 66.7 Å². The minimum Gasteiger partial charge on any atom is -0.480 e. The number of benzene rings is 3. The molecule has 37 heavy (non-hydrogen) atoms. The van der Waals surface area contributed by atoms with Crippen LogP contribution in [0, 0.1) is 0 Å². The molecule has 1 aliphatic heterocycles. The summed E-state index contributed by atoms with van der Waals surface area (Å²) in [7, 11) is 0. The van der Waals surface area contributed by atoms with Crippen LogP contribution in [0.1, 0.15) is 36.0 Å². The van der Waals surface area contributed by atoms with E-state index in [-0.39, 0.29) is 12.3 Å². The molecule has 0 radical (unpaired) electrons. The van der Waals surface area contributed by atoms with Gasteiger partial charge in [-0.1, -0.05) is 84.2 Å². The molecule has 0 aromatic heterocycles. The Hall–Kier alpha value is -2.86. The number of rotatable bonds is 8. The van der Waals surface area contributed by atoms with Crippen molar-refractivity contribution in [2.45, 2.75) is 31.1 Å². The number of hydrogen-bond acceptors (Lipinski definition) is 3. The Balaban J connectivity index is 1.16. The largest absolute Gasteiger partial charge is 0.480 e. The molecule has 0 bridgehead atoms. The van der Waals surface area contributed by atoms with E-state index in [1.807, 2.05) is 53.4 Å². The third kappa shape index (κ3) is 4.88. The van der Waals surface area contributed by atoms with Gasteiger partial charge in [0.25, 0.3) is 0 Å². The van der Waals surface area contributed by atoms with E-state index in [4.69, 9.17) is 23.2 Å². The Morgan fingerprint density at radius 2 is 1.35 bits per heavy atom. The predicted octanol–water partition coefficient (Wildman–Crippen LogP) is 5.90. The molecule has 1 aliphatic carbocycles. The second-order valence-electron chi connectivity index (χ2n) is 9.86. The molecule has 1 heterocycles. The lowest BCUT2D eigenvalue weighted by Crippen LogP contribution is -2.49. The highest BCUT2D eigenvalue weighted by atomic mass is 35.5. The molecular weight excluding hydrogens is 507 g/mol. The number of hydrogen-bond donors (Lipinski definition) is 1. The summed E-state index contributed by atoms with van der Waals surface area (Å²) < 4.78 is 0. The molecule has 1 amide bonds. The fourth-order valence-corrected chi connectivity index (χ4v) is 6.37. The molecule has 2 aliphatic rings. The number of carbonyl (C=O) groups excluding carboxylic acids is 1. The standard InChI is InChI=1S/C30H30Cl2N2O3/c31-26-12-7-13-27(32)23(26)20-28(35)34-18-16-33(17-19-34)15-6-5-14-30(29(36)37)24-10-3-1-8-21(24)22-9-2-4-11-25(22)30/h1-4,7-13H,5-6,14-20H2,(H,36,37). The lowest BCUT2D eigenvalue weighted by molar-refractivity contribution is -0.142. The van der Waals surface area contributed by atoms with Crippen molar-refractivity contribution >= 4 is 35.1 Å². The highest BCUT2D eigenvalue weighted by molar-refractivity contribution is 6.36. The first-order valence-corrected chi connectivity index (χ1v) is 13.5. The molecule has 5 nitrogen and oxygen atoms in total. The van der Waals surface area contributed by atoms with Gasteiger partial charge in [-0.15, -0.1) is 0 Å². The molecule has 5 rings (SSSR count). The predicted molar refractivity (Wildman–Crippen MR) is 147 cm³/mol. The zero-order chi connectivity index (χ0) is 26.0. The van der Waals surface area contributed by atoms with Gasteiger partial charge in [0, 0.05) is 36.2 Å². The Labute approximate surface area is 227 Å². The molecule has 1 fully saturated rings. The number of aliphatic carboxylic acids is 1. The van der Waals surface area contributed by atoms with Crippen LogP contribution >= 0.6 is 23.2 Å². The van der Waals surface area contributed by atoms with Gasteiger partial charge in [-0.05, 0) is 59.3 Å². The number of piperazine rings is 1. The number of carboxylic acids is 1. The Kier molecular flexibility index (Phi) is 7.57. The minimum absolute atomic E-state index is 0.0385. The number of halogens is 2. The van der Waals surface area contributed by atoms with E-state index in [2.05, 4.69) is 4.90 Å². The summed E-state index contributed by atoms with van der Waals surface area (Å²) in [5, 5.41) is 11.5. The van der Waals surface area contributed by atoms with Gasteiger partial charge in [-0.2, -0.15) is 0 Å². The number of unbranched alkanes of at least 4 members (excludes halogenated alkanes) is 1. The third-order valence-corrected chi connectivity index (χ3v) is 8.53. The maximum atomic E-state index is 12.8. The average Bonchev–Trinajstić information content (AvgIpc) is 3.20. The van der Waals surface area contributed by atoms with Crippen molar-refractivity contribution in [2.75, 3.05) is 32.7 Å². The van der Waals surface area contributed by atoms with Crippen LogP contribution in [0.5, 0.6) is 0 Å². The molecule has 0 unspecified atom stereocenters. The molecule has 3 aromatic rings. The van der Waals surface area contributed by atoms with Crippen molar-refractivity contribution in [3.8, 4) is 11.1 Å². The fourth-order valence-electron chi connectivity index (χ4n) is 5.84. The Morgan fingerprint density at radius 1 is 0.784 bits per heavy atom. The van der Waals surface area contributed by atoms with Gasteiger partial charge in [0.2, 0.25) is 5.91 Å². The van der Waals surface area contributed by atoms with Crippen molar-refractivity contribution < 1.29 is 14.7 Å². The first kappa shape index (κ1) is 25.8. The first-order chi connectivity index (χ1) is 17.9. The maximum Gasteiger partial charge on any atom is 0.318 e. The molecular formula is C30H30Cl2N2O3. The minimum atomic E-state index is -1.00. The normalized spacial score (nSPS) is 16.3. The third-order valence-electron chi connectivity index (χ3n) is 7.82. The van der Waals surface area contributed by atoms with Crippen molar-refractivity contribution in [3.05, 3.63) is 93.5 Å². The van der Waals surface area contributed by atoms with E-state index in [1.165, 1.54) is 0 Å². The zero-order valence-electron chi connectivity index (χ0n) is 20.6. The van der Waals surface area contributed by atoms with Crippen molar-refractivity contribution in [1.29, 1.82) is 0 Å². The van der Waals surface area contributed by atoms with Gasteiger partial charge in [-0.25, -0.2) is 0 Å². The van der Waals surface area contributed by atoms with Crippen LogP contribution in [0.4, 0.5) is 0 Å². The summed E-state index contributed by atoms with van der Waals surface area (Å²) in [5.74, 6) is -0.743. The van der Waals surface area contributed by atoms with Crippen LogP contribution in [0.3, 0.4) is 0 Å². The van der Waals surface area contributed by atoms with Crippen molar-refractivity contribution in [2.24, 2.45) is 0 Å². The number of fused-ring (bicyclic) bond motifs is 3. The van der Waals surface area contributed by atoms with Crippen LogP contribution in [-0.2, 0) is 21.4 Å².